The van der Waals surface area contributed by atoms with E-state index in [-0.39, 0.29) is 0 Å². The molecule has 0 saturated carbocycles. The summed E-state index contributed by atoms with van der Waals surface area (Å²) in [6.45, 7) is 7.84. The average molecular weight is 374 g/mol. The fourth-order valence-electron chi connectivity index (χ4n) is 3.22. The average Bonchev–Trinajstić information content (AvgIpc) is 2.78. The van der Waals surface area contributed by atoms with E-state index in [1.807, 2.05) is 58.0 Å². The quantitative estimate of drug-likeness (QED) is 0.740. The summed E-state index contributed by atoms with van der Waals surface area (Å²) in [6, 6.07) is 17.1. The monoisotopic (exact) mass is 373 g/mol. The van der Waals surface area contributed by atoms with Crippen molar-refractivity contribution < 1.29 is 8.42 Å². The third-order valence-corrected chi connectivity index (χ3v) is 7.71. The van der Waals surface area contributed by atoms with Crippen LogP contribution in [0, 0.1) is 6.92 Å². The van der Waals surface area contributed by atoms with Crippen molar-refractivity contribution >= 4 is 21.8 Å². The molecule has 0 saturated heterocycles. The zero-order valence-electron chi connectivity index (χ0n) is 15.0. The van der Waals surface area contributed by atoms with E-state index < -0.39 is 15.6 Å². The number of nitrogens with zero attached hydrogens (tertiary/aromatic N) is 1. The maximum absolute atomic E-state index is 13.3. The van der Waals surface area contributed by atoms with E-state index in [2.05, 4.69) is 12.1 Å². The van der Waals surface area contributed by atoms with Gasteiger partial charge in [0.05, 0.1) is 10.4 Å². The van der Waals surface area contributed by atoms with E-state index in [0.29, 0.717) is 11.3 Å². The van der Waals surface area contributed by atoms with Crippen LogP contribution < -0.4 is 0 Å². The van der Waals surface area contributed by atoms with Crippen LogP contribution in [0.15, 0.2) is 75.0 Å². The Morgan fingerprint density at radius 2 is 1.56 bits per heavy atom. The largest absolute Gasteiger partial charge is 0.264 e. The molecule has 3 rings (SSSR count). The molecule has 2 aromatic carbocycles. The molecular weight excluding hydrogens is 350 g/mol. The maximum atomic E-state index is 13.3. The van der Waals surface area contributed by atoms with E-state index in [1.165, 1.54) is 0 Å². The van der Waals surface area contributed by atoms with Gasteiger partial charge in [0.25, 0.3) is 10.0 Å². The first-order valence-corrected chi connectivity index (χ1v) is 10.5. The van der Waals surface area contributed by atoms with Crippen LogP contribution in [0.25, 0.3) is 0 Å². The number of aryl methyl sites for hydroxylation is 1. The summed E-state index contributed by atoms with van der Waals surface area (Å²) >= 11 is 1.65. The summed E-state index contributed by atoms with van der Waals surface area (Å²) in [5.41, 5.74) is 1.39. The van der Waals surface area contributed by atoms with E-state index in [4.69, 9.17) is 0 Å². The van der Waals surface area contributed by atoms with Crippen LogP contribution in [0.2, 0.25) is 0 Å². The zero-order chi connectivity index (χ0) is 18.2. The van der Waals surface area contributed by atoms with Crippen molar-refractivity contribution in [1.29, 1.82) is 0 Å². The predicted octanol–water partition coefficient (Wildman–Crippen LogP) is 5.19. The molecule has 132 valence electrons. The molecule has 25 heavy (non-hydrogen) atoms. The van der Waals surface area contributed by atoms with Crippen molar-refractivity contribution in [1.82, 2.24) is 4.31 Å². The van der Waals surface area contributed by atoms with Crippen molar-refractivity contribution in [3.05, 3.63) is 70.8 Å². The summed E-state index contributed by atoms with van der Waals surface area (Å²) in [7, 11) is -3.58. The molecule has 0 aliphatic carbocycles. The third kappa shape index (κ3) is 3.48. The van der Waals surface area contributed by atoms with Crippen molar-refractivity contribution in [2.24, 2.45) is 0 Å². The fraction of sp³-hybridized carbons (Fsp3) is 0.300. The summed E-state index contributed by atoms with van der Waals surface area (Å²) in [5.74, 6) is 0. The lowest BCUT2D eigenvalue weighted by Crippen LogP contribution is -2.42. The molecule has 5 heteroatoms. The lowest BCUT2D eigenvalue weighted by atomic mass is 10.0. The van der Waals surface area contributed by atoms with Crippen LogP contribution in [0.1, 0.15) is 32.8 Å². The van der Waals surface area contributed by atoms with Crippen molar-refractivity contribution in [2.75, 3.05) is 0 Å². The second-order valence-corrected chi connectivity index (χ2v) is 9.95. The van der Waals surface area contributed by atoms with E-state index >= 15 is 0 Å². The van der Waals surface area contributed by atoms with Gasteiger partial charge >= 0.3 is 0 Å². The highest BCUT2D eigenvalue weighted by atomic mass is 32.2. The van der Waals surface area contributed by atoms with Gasteiger partial charge in [-0.05, 0) is 52.0 Å². The first kappa shape index (κ1) is 18.1. The highest BCUT2D eigenvalue weighted by molar-refractivity contribution is 8.03. The molecule has 0 unspecified atom stereocenters. The summed E-state index contributed by atoms with van der Waals surface area (Å²) < 4.78 is 28.1. The Bertz CT molecular complexity index is 898. The van der Waals surface area contributed by atoms with Gasteiger partial charge in [-0.1, -0.05) is 47.7 Å². The normalized spacial score (nSPS) is 17.2. The molecule has 0 amide bonds. The van der Waals surface area contributed by atoms with Crippen LogP contribution in [0.3, 0.4) is 0 Å². The standard InChI is InChI=1S/C20H23NO2S2/c1-15-10-12-18(13-11-15)25(22,23)21-16(2)19(14-20(21,3)4)24-17-8-6-5-7-9-17/h5-13H,14H2,1-4H3. The molecule has 1 heterocycles. The van der Waals surface area contributed by atoms with Gasteiger partial charge in [-0.3, -0.25) is 4.31 Å². The number of benzene rings is 2. The summed E-state index contributed by atoms with van der Waals surface area (Å²) in [5, 5.41) is 0. The van der Waals surface area contributed by atoms with Crippen LogP contribution in [-0.4, -0.2) is 18.3 Å². The minimum atomic E-state index is -3.58. The lowest BCUT2D eigenvalue weighted by molar-refractivity contribution is 0.303. The Hall–Kier alpha value is -1.72. The van der Waals surface area contributed by atoms with E-state index in [1.54, 1.807) is 28.2 Å². The Morgan fingerprint density at radius 1 is 0.960 bits per heavy atom. The van der Waals surface area contributed by atoms with Gasteiger partial charge in [-0.15, -0.1) is 0 Å². The lowest BCUT2D eigenvalue weighted by Gasteiger charge is -2.34. The van der Waals surface area contributed by atoms with Crippen molar-refractivity contribution in [3.8, 4) is 0 Å². The van der Waals surface area contributed by atoms with Crippen LogP contribution >= 0.6 is 11.8 Å². The highest BCUT2D eigenvalue weighted by Crippen LogP contribution is 2.46. The molecule has 0 aromatic heterocycles. The molecule has 0 bridgehead atoms. The first-order chi connectivity index (χ1) is 11.7. The molecule has 2 aromatic rings. The first-order valence-electron chi connectivity index (χ1n) is 8.26. The van der Waals surface area contributed by atoms with Gasteiger partial charge < -0.3 is 0 Å². The predicted molar refractivity (Wildman–Crippen MR) is 104 cm³/mol. The molecule has 0 radical (unpaired) electrons. The molecule has 1 aliphatic heterocycles. The number of hydrogen-bond acceptors (Lipinski definition) is 3. The van der Waals surface area contributed by atoms with Crippen LogP contribution in [0.5, 0.6) is 0 Å². The highest BCUT2D eigenvalue weighted by Gasteiger charge is 2.44. The van der Waals surface area contributed by atoms with Gasteiger partial charge in [0.2, 0.25) is 0 Å². The van der Waals surface area contributed by atoms with Crippen molar-refractivity contribution in [3.63, 3.8) is 0 Å². The number of hydrogen-bond donors (Lipinski definition) is 0. The molecule has 0 spiro atoms. The summed E-state index contributed by atoms with van der Waals surface area (Å²) in [4.78, 5) is 2.57. The number of allylic oxidation sites excluding steroid dienone is 1. The van der Waals surface area contributed by atoms with E-state index in [9.17, 15) is 8.42 Å². The molecule has 0 N–H and O–H groups in total. The van der Waals surface area contributed by atoms with Crippen molar-refractivity contribution in [2.45, 2.75) is 49.4 Å². The molecule has 0 fully saturated rings. The number of thioether (sulfide) groups is 1. The SMILES string of the molecule is CC1=C(Sc2ccccc2)CC(C)(C)N1S(=O)(=O)c1ccc(C)cc1. The topological polar surface area (TPSA) is 37.4 Å². The fourth-order valence-corrected chi connectivity index (χ4v) is 6.40. The minimum Gasteiger partial charge on any atom is -0.264 e. The van der Waals surface area contributed by atoms with Crippen LogP contribution in [0.4, 0.5) is 0 Å². The number of sulfonamides is 1. The Morgan fingerprint density at radius 3 is 2.16 bits per heavy atom. The van der Waals surface area contributed by atoms with Gasteiger partial charge in [0, 0.05) is 21.9 Å². The number of rotatable bonds is 4. The third-order valence-electron chi connectivity index (χ3n) is 4.39. The Kier molecular flexibility index (Phi) is 4.73. The maximum Gasteiger partial charge on any atom is 0.264 e. The van der Waals surface area contributed by atoms with Gasteiger partial charge in [0.15, 0.2) is 0 Å². The van der Waals surface area contributed by atoms with Crippen LogP contribution in [-0.2, 0) is 10.0 Å². The Balaban J connectivity index is 2.00. The second kappa shape index (κ2) is 6.54. The van der Waals surface area contributed by atoms with Gasteiger partial charge in [-0.25, -0.2) is 8.42 Å². The zero-order valence-corrected chi connectivity index (χ0v) is 16.6. The molecule has 3 nitrogen and oxygen atoms in total. The second-order valence-electron chi connectivity index (χ2n) is 7.00. The summed E-state index contributed by atoms with van der Waals surface area (Å²) in [6.07, 6.45) is 0.712. The van der Waals surface area contributed by atoms with Gasteiger partial charge in [-0.2, -0.15) is 0 Å². The Labute approximate surface area is 154 Å². The minimum absolute atomic E-state index is 0.344. The van der Waals surface area contributed by atoms with Gasteiger partial charge in [0.1, 0.15) is 0 Å². The van der Waals surface area contributed by atoms with E-state index in [0.717, 1.165) is 21.1 Å². The smallest absolute Gasteiger partial charge is 0.264 e. The molecular formula is C20H23NO2S2. The molecule has 1 aliphatic rings. The molecule has 0 atom stereocenters.